The van der Waals surface area contributed by atoms with Gasteiger partial charge in [0.15, 0.2) is 0 Å². The van der Waals surface area contributed by atoms with Crippen LogP contribution in [0.2, 0.25) is 0 Å². The second kappa shape index (κ2) is 6.40. The molecule has 18 heavy (non-hydrogen) atoms. The number of likely N-dealkylation sites (N-methyl/N-ethyl adjacent to an activating group) is 1. The number of ether oxygens (including phenoxy) is 1. The van der Waals surface area contributed by atoms with Gasteiger partial charge < -0.3 is 15.0 Å². The van der Waals surface area contributed by atoms with Crippen LogP contribution in [0.1, 0.15) is 22.8 Å². The Bertz CT molecular complexity index is 418. The predicted octanol–water partition coefficient (Wildman–Crippen LogP) is 2.14. The average molecular weight is 250 g/mol. The molecule has 0 aromatic heterocycles. The maximum Gasteiger partial charge on any atom is 0.256 e. The molecule has 0 aliphatic rings. The Kier molecular flexibility index (Phi) is 5.16. The highest BCUT2D eigenvalue weighted by atomic mass is 16.5. The fourth-order valence-corrected chi connectivity index (χ4v) is 1.79. The van der Waals surface area contributed by atoms with Gasteiger partial charge in [0.2, 0.25) is 0 Å². The lowest BCUT2D eigenvalue weighted by Gasteiger charge is -2.25. The number of rotatable bonds is 5. The molecule has 1 amide bonds. The number of carbonyl (C=O) groups is 1. The molecule has 0 aliphatic heterocycles. The van der Waals surface area contributed by atoms with E-state index in [4.69, 9.17) is 4.74 Å². The molecule has 1 aromatic carbocycles. The molecule has 1 rings (SSSR count). The lowest BCUT2D eigenvalue weighted by atomic mass is 10.1. The normalized spacial score (nSPS) is 12.1. The SMILES string of the molecule is CNc1cc(C)ccc1C(=O)N(C)C(C)COC. The van der Waals surface area contributed by atoms with E-state index in [1.165, 1.54) is 0 Å². The Morgan fingerprint density at radius 3 is 2.72 bits per heavy atom. The van der Waals surface area contributed by atoms with Crippen molar-refractivity contribution < 1.29 is 9.53 Å². The van der Waals surface area contributed by atoms with E-state index >= 15 is 0 Å². The molecule has 0 bridgehead atoms. The molecule has 0 radical (unpaired) electrons. The summed E-state index contributed by atoms with van der Waals surface area (Å²) in [6.45, 7) is 4.50. The van der Waals surface area contributed by atoms with Crippen molar-refractivity contribution in [2.75, 3.05) is 33.1 Å². The van der Waals surface area contributed by atoms with E-state index in [-0.39, 0.29) is 11.9 Å². The molecule has 0 fully saturated rings. The fraction of sp³-hybridized carbons (Fsp3) is 0.500. The summed E-state index contributed by atoms with van der Waals surface area (Å²) in [6.07, 6.45) is 0. The first kappa shape index (κ1) is 14.5. The zero-order valence-electron chi connectivity index (χ0n) is 11.8. The summed E-state index contributed by atoms with van der Waals surface area (Å²) >= 11 is 0. The van der Waals surface area contributed by atoms with Crippen molar-refractivity contribution in [1.82, 2.24) is 4.90 Å². The van der Waals surface area contributed by atoms with Gasteiger partial charge in [0.25, 0.3) is 5.91 Å². The van der Waals surface area contributed by atoms with Crippen LogP contribution in [0.25, 0.3) is 0 Å². The molecule has 1 N–H and O–H groups in total. The van der Waals surface area contributed by atoms with E-state index in [1.54, 1.807) is 19.1 Å². The summed E-state index contributed by atoms with van der Waals surface area (Å²) in [5, 5.41) is 3.06. The Hall–Kier alpha value is -1.55. The van der Waals surface area contributed by atoms with Crippen LogP contribution in [0, 0.1) is 6.92 Å². The third-order valence-corrected chi connectivity index (χ3v) is 3.06. The van der Waals surface area contributed by atoms with Gasteiger partial charge >= 0.3 is 0 Å². The van der Waals surface area contributed by atoms with E-state index in [0.29, 0.717) is 12.2 Å². The van der Waals surface area contributed by atoms with Crippen LogP contribution in [0.15, 0.2) is 18.2 Å². The smallest absolute Gasteiger partial charge is 0.256 e. The number of anilines is 1. The van der Waals surface area contributed by atoms with Gasteiger partial charge in [-0.15, -0.1) is 0 Å². The van der Waals surface area contributed by atoms with E-state index in [9.17, 15) is 4.79 Å². The van der Waals surface area contributed by atoms with Crippen molar-refractivity contribution in [2.24, 2.45) is 0 Å². The Labute approximate surface area is 109 Å². The minimum atomic E-state index is 0.00361. The first-order valence-corrected chi connectivity index (χ1v) is 6.05. The van der Waals surface area contributed by atoms with Crippen molar-refractivity contribution in [2.45, 2.75) is 19.9 Å². The summed E-state index contributed by atoms with van der Waals surface area (Å²) in [5.41, 5.74) is 2.67. The summed E-state index contributed by atoms with van der Waals surface area (Å²) in [5.74, 6) is 0.00361. The number of carbonyl (C=O) groups excluding carboxylic acids is 1. The van der Waals surface area contributed by atoms with Crippen LogP contribution in [0.4, 0.5) is 5.69 Å². The van der Waals surface area contributed by atoms with Crippen molar-refractivity contribution in [3.8, 4) is 0 Å². The molecule has 0 spiro atoms. The van der Waals surface area contributed by atoms with Gasteiger partial charge in [-0.25, -0.2) is 0 Å². The first-order chi connectivity index (χ1) is 8.51. The Morgan fingerprint density at radius 1 is 1.50 bits per heavy atom. The number of aryl methyl sites for hydroxylation is 1. The van der Waals surface area contributed by atoms with Crippen molar-refractivity contribution in [3.05, 3.63) is 29.3 Å². The Balaban J connectivity index is 2.96. The predicted molar refractivity (Wildman–Crippen MR) is 74.2 cm³/mol. The van der Waals surface area contributed by atoms with Crippen LogP contribution < -0.4 is 5.32 Å². The molecule has 0 heterocycles. The van der Waals surface area contributed by atoms with Gasteiger partial charge in [-0.2, -0.15) is 0 Å². The number of amides is 1. The Morgan fingerprint density at radius 2 is 2.17 bits per heavy atom. The third kappa shape index (κ3) is 3.23. The van der Waals surface area contributed by atoms with E-state index in [0.717, 1.165) is 11.3 Å². The number of nitrogens with zero attached hydrogens (tertiary/aromatic N) is 1. The van der Waals surface area contributed by atoms with Crippen LogP contribution >= 0.6 is 0 Å². The summed E-state index contributed by atoms with van der Waals surface area (Å²) < 4.78 is 5.08. The van der Waals surface area contributed by atoms with Gasteiger partial charge in [-0.3, -0.25) is 4.79 Å². The highest BCUT2D eigenvalue weighted by Gasteiger charge is 2.19. The van der Waals surface area contributed by atoms with Crippen molar-refractivity contribution in [1.29, 1.82) is 0 Å². The molecule has 0 saturated carbocycles. The van der Waals surface area contributed by atoms with Gasteiger partial charge in [0.1, 0.15) is 0 Å². The van der Waals surface area contributed by atoms with E-state index in [2.05, 4.69) is 5.32 Å². The minimum absolute atomic E-state index is 0.00361. The molecule has 4 heteroatoms. The minimum Gasteiger partial charge on any atom is -0.387 e. The maximum absolute atomic E-state index is 12.4. The van der Waals surface area contributed by atoms with Crippen LogP contribution in [0.3, 0.4) is 0 Å². The number of hydrogen-bond donors (Lipinski definition) is 1. The van der Waals surface area contributed by atoms with Crippen molar-refractivity contribution in [3.63, 3.8) is 0 Å². The van der Waals surface area contributed by atoms with Gasteiger partial charge in [-0.1, -0.05) is 6.07 Å². The summed E-state index contributed by atoms with van der Waals surface area (Å²) in [7, 11) is 5.26. The molecule has 4 nitrogen and oxygen atoms in total. The molecule has 1 unspecified atom stereocenters. The zero-order valence-corrected chi connectivity index (χ0v) is 11.8. The van der Waals surface area contributed by atoms with Crippen LogP contribution in [-0.4, -0.2) is 44.7 Å². The zero-order chi connectivity index (χ0) is 13.7. The van der Waals surface area contributed by atoms with E-state index < -0.39 is 0 Å². The fourth-order valence-electron chi connectivity index (χ4n) is 1.79. The summed E-state index contributed by atoms with van der Waals surface area (Å²) in [6, 6.07) is 5.83. The monoisotopic (exact) mass is 250 g/mol. The topological polar surface area (TPSA) is 41.6 Å². The number of benzene rings is 1. The molecule has 0 aliphatic carbocycles. The average Bonchev–Trinajstić information content (AvgIpc) is 2.37. The highest BCUT2D eigenvalue weighted by molar-refractivity contribution is 5.99. The van der Waals surface area contributed by atoms with Gasteiger partial charge in [-0.05, 0) is 31.5 Å². The largest absolute Gasteiger partial charge is 0.387 e. The lowest BCUT2D eigenvalue weighted by molar-refractivity contribution is 0.0634. The molecular formula is C14H22N2O2. The van der Waals surface area contributed by atoms with E-state index in [1.807, 2.05) is 39.1 Å². The second-order valence-electron chi connectivity index (χ2n) is 4.52. The third-order valence-electron chi connectivity index (χ3n) is 3.06. The number of methoxy groups -OCH3 is 1. The number of hydrogen-bond acceptors (Lipinski definition) is 3. The van der Waals surface area contributed by atoms with Crippen LogP contribution in [0.5, 0.6) is 0 Å². The van der Waals surface area contributed by atoms with Gasteiger partial charge in [0, 0.05) is 26.9 Å². The van der Waals surface area contributed by atoms with Gasteiger partial charge in [0.05, 0.1) is 18.2 Å². The molecular weight excluding hydrogens is 228 g/mol. The second-order valence-corrected chi connectivity index (χ2v) is 4.52. The van der Waals surface area contributed by atoms with Crippen LogP contribution in [-0.2, 0) is 4.74 Å². The molecule has 1 atom stereocenters. The summed E-state index contributed by atoms with van der Waals surface area (Å²) in [4.78, 5) is 14.1. The quantitative estimate of drug-likeness (QED) is 0.870. The highest BCUT2D eigenvalue weighted by Crippen LogP contribution is 2.19. The molecule has 0 saturated heterocycles. The molecule has 100 valence electrons. The molecule has 1 aromatic rings. The number of nitrogens with one attached hydrogen (secondary N) is 1. The standard InChI is InChI=1S/C14H22N2O2/c1-10-6-7-12(13(8-10)15-3)14(17)16(4)11(2)9-18-5/h6-8,11,15H,9H2,1-5H3. The lowest BCUT2D eigenvalue weighted by Crippen LogP contribution is -2.38. The van der Waals surface area contributed by atoms with Crippen molar-refractivity contribution >= 4 is 11.6 Å². The maximum atomic E-state index is 12.4. The first-order valence-electron chi connectivity index (χ1n) is 6.05.